The fraction of sp³-hybridized carbons (Fsp3) is 0.421. The first-order valence-corrected chi connectivity index (χ1v) is 9.17. The third-order valence-corrected chi connectivity index (χ3v) is 5.92. The molecule has 1 aliphatic carbocycles. The molecule has 0 amide bonds. The summed E-state index contributed by atoms with van der Waals surface area (Å²) in [4.78, 5) is 7.21. The second-order valence-electron chi connectivity index (χ2n) is 6.89. The van der Waals surface area contributed by atoms with Crippen molar-refractivity contribution in [3.8, 4) is 0 Å². The smallest absolute Gasteiger partial charge is 0.129 e. The van der Waals surface area contributed by atoms with Crippen molar-refractivity contribution in [2.24, 2.45) is 5.41 Å². The summed E-state index contributed by atoms with van der Waals surface area (Å²) in [5, 5.41) is 0. The molecule has 4 rings (SSSR count). The molecule has 0 N–H and O–H groups in total. The van der Waals surface area contributed by atoms with Crippen LogP contribution in [0, 0.1) is 15.9 Å². The molecule has 0 saturated carbocycles. The fourth-order valence-electron chi connectivity index (χ4n) is 4.11. The van der Waals surface area contributed by atoms with Crippen LogP contribution in [0.4, 0.5) is 5.82 Å². The number of halogens is 1. The molecule has 114 valence electrons. The van der Waals surface area contributed by atoms with Crippen LogP contribution in [0.15, 0.2) is 36.4 Å². The zero-order chi connectivity index (χ0) is 15.2. The van der Waals surface area contributed by atoms with Gasteiger partial charge < -0.3 is 4.90 Å². The molecular weight excluding hydrogens is 383 g/mol. The van der Waals surface area contributed by atoms with E-state index in [-0.39, 0.29) is 0 Å². The lowest BCUT2D eigenvalue weighted by Gasteiger charge is -2.40. The van der Waals surface area contributed by atoms with Crippen LogP contribution in [0.5, 0.6) is 0 Å². The molecule has 3 heteroatoms. The Morgan fingerprint density at radius 2 is 1.68 bits per heavy atom. The molecule has 2 nitrogen and oxygen atoms in total. The van der Waals surface area contributed by atoms with Crippen LogP contribution >= 0.6 is 22.6 Å². The second-order valence-corrected chi connectivity index (χ2v) is 8.14. The van der Waals surface area contributed by atoms with Gasteiger partial charge in [-0.15, -0.1) is 0 Å². The summed E-state index contributed by atoms with van der Waals surface area (Å²) < 4.78 is 1.29. The van der Waals surface area contributed by atoms with Gasteiger partial charge in [0.15, 0.2) is 0 Å². The zero-order valence-electron chi connectivity index (χ0n) is 13.0. The Hall–Kier alpha value is -1.10. The molecule has 2 aromatic rings. The summed E-state index contributed by atoms with van der Waals surface area (Å²) in [7, 11) is 0. The monoisotopic (exact) mass is 404 g/mol. The van der Waals surface area contributed by atoms with Crippen LogP contribution in [0.25, 0.3) is 0 Å². The van der Waals surface area contributed by atoms with E-state index in [4.69, 9.17) is 4.98 Å². The summed E-state index contributed by atoms with van der Waals surface area (Å²) in [5.74, 6) is 1.16. The first-order valence-electron chi connectivity index (χ1n) is 8.10. The quantitative estimate of drug-likeness (QED) is 0.656. The number of piperidine rings is 1. The van der Waals surface area contributed by atoms with Crippen LogP contribution in [0.1, 0.15) is 29.7 Å². The number of nitrogens with zero attached hydrogens (tertiary/aromatic N) is 2. The molecule has 1 spiro atoms. The highest BCUT2D eigenvalue weighted by Crippen LogP contribution is 2.45. The van der Waals surface area contributed by atoms with Crippen molar-refractivity contribution in [2.75, 3.05) is 18.0 Å². The molecule has 2 aliphatic rings. The Labute approximate surface area is 146 Å². The minimum Gasteiger partial charge on any atom is -0.357 e. The average molecular weight is 404 g/mol. The molecule has 22 heavy (non-hydrogen) atoms. The minimum absolute atomic E-state index is 0.511. The minimum atomic E-state index is 0.511. The normalized spacial score (nSPS) is 19.5. The van der Waals surface area contributed by atoms with Crippen molar-refractivity contribution in [3.05, 3.63) is 56.8 Å². The predicted molar refractivity (Wildman–Crippen MR) is 99.4 cm³/mol. The van der Waals surface area contributed by atoms with Gasteiger partial charge in [0.05, 0.1) is 0 Å². The highest BCUT2D eigenvalue weighted by atomic mass is 127. The highest BCUT2D eigenvalue weighted by molar-refractivity contribution is 14.1. The third-order valence-electron chi connectivity index (χ3n) is 5.30. The summed E-state index contributed by atoms with van der Waals surface area (Å²) in [6.45, 7) is 4.37. The van der Waals surface area contributed by atoms with Gasteiger partial charge in [0.1, 0.15) is 5.82 Å². The molecule has 1 aromatic heterocycles. The van der Waals surface area contributed by atoms with E-state index in [9.17, 15) is 0 Å². The summed E-state index contributed by atoms with van der Waals surface area (Å²) in [6, 6.07) is 13.4. The number of fused-ring (bicyclic) bond motifs is 1. The zero-order valence-corrected chi connectivity index (χ0v) is 15.1. The van der Waals surface area contributed by atoms with E-state index in [1.165, 1.54) is 29.3 Å². The van der Waals surface area contributed by atoms with E-state index in [0.717, 1.165) is 24.6 Å². The Kier molecular flexibility index (Phi) is 3.63. The van der Waals surface area contributed by atoms with E-state index in [2.05, 4.69) is 70.8 Å². The highest BCUT2D eigenvalue weighted by Gasteiger charge is 2.39. The molecule has 0 unspecified atom stereocenters. The molecule has 0 bridgehead atoms. The Morgan fingerprint density at radius 3 is 2.27 bits per heavy atom. The predicted octanol–water partition coefficient (Wildman–Crippen LogP) is 4.38. The van der Waals surface area contributed by atoms with Gasteiger partial charge in [-0.25, -0.2) is 4.98 Å². The molecule has 1 fully saturated rings. The topological polar surface area (TPSA) is 16.1 Å². The first kappa shape index (κ1) is 14.5. The molecule has 0 atom stereocenters. The van der Waals surface area contributed by atoms with Gasteiger partial charge in [-0.1, -0.05) is 24.3 Å². The van der Waals surface area contributed by atoms with Gasteiger partial charge in [-0.3, -0.25) is 0 Å². The van der Waals surface area contributed by atoms with E-state index >= 15 is 0 Å². The number of anilines is 1. The Balaban J connectivity index is 1.50. The molecule has 1 saturated heterocycles. The van der Waals surface area contributed by atoms with E-state index < -0.39 is 0 Å². The summed E-state index contributed by atoms with van der Waals surface area (Å²) in [6.07, 6.45) is 5.12. The van der Waals surface area contributed by atoms with Crippen molar-refractivity contribution in [1.82, 2.24) is 4.98 Å². The van der Waals surface area contributed by atoms with Crippen LogP contribution in [0.2, 0.25) is 0 Å². The van der Waals surface area contributed by atoms with E-state index in [1.54, 1.807) is 11.1 Å². The van der Waals surface area contributed by atoms with Crippen LogP contribution in [0.3, 0.4) is 0 Å². The van der Waals surface area contributed by atoms with Crippen LogP contribution in [-0.4, -0.2) is 18.1 Å². The van der Waals surface area contributed by atoms with Crippen LogP contribution in [-0.2, 0) is 12.8 Å². The van der Waals surface area contributed by atoms with E-state index in [0.29, 0.717) is 5.41 Å². The molecule has 0 radical (unpaired) electrons. The van der Waals surface area contributed by atoms with Crippen molar-refractivity contribution in [2.45, 2.75) is 32.6 Å². The number of hydrogen-bond acceptors (Lipinski definition) is 2. The fourth-order valence-corrected chi connectivity index (χ4v) is 4.84. The van der Waals surface area contributed by atoms with Crippen molar-refractivity contribution >= 4 is 28.4 Å². The standard InChI is InChI=1S/C19H21IN2/c1-14-10-17(20)11-18(21-14)22-8-6-19(7-9-22)12-15-4-2-3-5-16(15)13-19/h2-5,10-11H,6-9,12-13H2,1H3. The molecular formula is C19H21IN2. The first-order chi connectivity index (χ1) is 10.6. The maximum atomic E-state index is 4.73. The van der Waals surface area contributed by atoms with Gasteiger partial charge in [0.2, 0.25) is 0 Å². The van der Waals surface area contributed by atoms with Crippen molar-refractivity contribution in [1.29, 1.82) is 0 Å². The van der Waals surface area contributed by atoms with Gasteiger partial charge in [-0.05, 0) is 83.9 Å². The number of benzene rings is 1. The van der Waals surface area contributed by atoms with E-state index in [1.807, 2.05) is 0 Å². The average Bonchev–Trinajstić information content (AvgIpc) is 2.84. The summed E-state index contributed by atoms with van der Waals surface area (Å²) in [5.41, 5.74) is 4.80. The molecule has 1 aliphatic heterocycles. The maximum absolute atomic E-state index is 4.73. The number of aryl methyl sites for hydroxylation is 1. The van der Waals surface area contributed by atoms with Gasteiger partial charge in [0.25, 0.3) is 0 Å². The Bertz CT molecular complexity index is 655. The SMILES string of the molecule is Cc1cc(I)cc(N2CCC3(CC2)Cc2ccccc2C3)n1. The number of hydrogen-bond donors (Lipinski definition) is 0. The number of rotatable bonds is 1. The van der Waals surface area contributed by atoms with Crippen LogP contribution < -0.4 is 4.90 Å². The third kappa shape index (κ3) is 2.64. The lowest BCUT2D eigenvalue weighted by molar-refractivity contribution is 0.232. The maximum Gasteiger partial charge on any atom is 0.129 e. The molecule has 2 heterocycles. The number of pyridine rings is 1. The molecule has 1 aromatic carbocycles. The van der Waals surface area contributed by atoms with Gasteiger partial charge in [0, 0.05) is 22.4 Å². The van der Waals surface area contributed by atoms with Gasteiger partial charge >= 0.3 is 0 Å². The van der Waals surface area contributed by atoms with Crippen molar-refractivity contribution < 1.29 is 0 Å². The van der Waals surface area contributed by atoms with Crippen molar-refractivity contribution in [3.63, 3.8) is 0 Å². The number of aromatic nitrogens is 1. The second kappa shape index (κ2) is 5.52. The summed E-state index contributed by atoms with van der Waals surface area (Å²) >= 11 is 2.39. The lowest BCUT2D eigenvalue weighted by Crippen LogP contribution is -2.41. The Morgan fingerprint density at radius 1 is 1.05 bits per heavy atom. The largest absolute Gasteiger partial charge is 0.357 e. The lowest BCUT2D eigenvalue weighted by atomic mass is 9.76. The van der Waals surface area contributed by atoms with Gasteiger partial charge in [-0.2, -0.15) is 0 Å².